The number of hydrogen-bond acceptors (Lipinski definition) is 5. The summed E-state index contributed by atoms with van der Waals surface area (Å²) < 4.78 is 2.31. The van der Waals surface area contributed by atoms with Crippen LogP contribution in [-0.4, -0.2) is 26.1 Å². The van der Waals surface area contributed by atoms with Gasteiger partial charge in [0.2, 0.25) is 5.78 Å². The second-order valence-corrected chi connectivity index (χ2v) is 6.80. The monoisotopic (exact) mass is 359 g/mol. The molecule has 0 radical (unpaired) electrons. The number of carbonyl (C=O) groups excluding carboxylic acids is 2. The van der Waals surface area contributed by atoms with Crippen molar-refractivity contribution in [3.8, 4) is 0 Å². The molecule has 132 valence electrons. The first-order valence-electron chi connectivity index (χ1n) is 7.82. The van der Waals surface area contributed by atoms with E-state index < -0.39 is 16.6 Å². The van der Waals surface area contributed by atoms with Crippen LogP contribution in [0.2, 0.25) is 0 Å². The smallest absolute Gasteiger partial charge is 0.306 e. The van der Waals surface area contributed by atoms with Crippen LogP contribution in [0, 0.1) is 6.92 Å². The second-order valence-electron chi connectivity index (χ2n) is 5.83. The Hall–Kier alpha value is -2.54. The highest BCUT2D eigenvalue weighted by Crippen LogP contribution is 2.21. The van der Waals surface area contributed by atoms with E-state index in [1.807, 2.05) is 6.07 Å². The van der Waals surface area contributed by atoms with E-state index in [4.69, 9.17) is 5.73 Å². The minimum absolute atomic E-state index is 0.131. The fourth-order valence-corrected chi connectivity index (χ4v) is 3.12. The van der Waals surface area contributed by atoms with Crippen LogP contribution in [0.5, 0.6) is 0 Å². The number of aryl methyl sites for hydroxylation is 1. The number of carbonyl (C=O) groups is 2. The van der Waals surface area contributed by atoms with Gasteiger partial charge in [-0.05, 0) is 26.3 Å². The zero-order chi connectivity index (χ0) is 18.7. The topological polar surface area (TPSA) is 87.1 Å². The van der Waals surface area contributed by atoms with E-state index in [0.29, 0.717) is 11.3 Å². The molecule has 0 aliphatic heterocycles. The number of nitrogens with zero attached hydrogens (tertiary/aromatic N) is 2. The molecule has 1 aromatic heterocycles. The third-order valence-corrected chi connectivity index (χ3v) is 4.55. The van der Waals surface area contributed by atoms with Gasteiger partial charge in [-0.15, -0.1) is 6.58 Å². The molecule has 0 atom stereocenters. The highest BCUT2D eigenvalue weighted by molar-refractivity contribution is 8.13. The maximum Gasteiger partial charge on any atom is 0.306 e. The van der Waals surface area contributed by atoms with Gasteiger partial charge in [-0.3, -0.25) is 14.4 Å². The number of nitrogen functional groups attached to an aromatic ring is 1. The molecule has 0 bridgehead atoms. The molecule has 0 aliphatic carbocycles. The summed E-state index contributed by atoms with van der Waals surface area (Å²) in [5.41, 5.74) is 6.46. The minimum atomic E-state index is -0.562. The summed E-state index contributed by atoms with van der Waals surface area (Å²) in [6.07, 6.45) is 1.58. The van der Waals surface area contributed by atoms with Crippen molar-refractivity contribution in [3.63, 3.8) is 0 Å². The van der Waals surface area contributed by atoms with Crippen molar-refractivity contribution in [3.05, 3.63) is 64.0 Å². The first-order valence-corrected chi connectivity index (χ1v) is 8.81. The van der Waals surface area contributed by atoms with E-state index in [-0.39, 0.29) is 17.4 Å². The zero-order valence-corrected chi connectivity index (χ0v) is 15.3. The molecular weight excluding hydrogens is 338 g/mol. The summed E-state index contributed by atoms with van der Waals surface area (Å²) in [6.45, 7) is 8.86. The number of ketones is 1. The number of hydrogen-bond donors (Lipinski definition) is 1. The van der Waals surface area contributed by atoms with E-state index in [0.717, 1.165) is 22.0 Å². The summed E-state index contributed by atoms with van der Waals surface area (Å²) in [5.74, 6) is -0.229. The van der Waals surface area contributed by atoms with Gasteiger partial charge in [-0.1, -0.05) is 42.1 Å². The minimum Gasteiger partial charge on any atom is -0.383 e. The lowest BCUT2D eigenvalue weighted by molar-refractivity contribution is 0.103. The van der Waals surface area contributed by atoms with Crippen LogP contribution in [0.25, 0.3) is 0 Å². The Kier molecular flexibility index (Phi) is 5.69. The van der Waals surface area contributed by atoms with Crippen LogP contribution >= 0.6 is 11.8 Å². The molecule has 25 heavy (non-hydrogen) atoms. The molecule has 0 amide bonds. The predicted molar refractivity (Wildman–Crippen MR) is 102 cm³/mol. The average molecular weight is 359 g/mol. The summed E-state index contributed by atoms with van der Waals surface area (Å²) in [7, 11) is 0. The van der Waals surface area contributed by atoms with Crippen molar-refractivity contribution in [1.29, 1.82) is 0 Å². The molecule has 0 saturated carbocycles. The van der Waals surface area contributed by atoms with Gasteiger partial charge in [0.25, 0.3) is 5.56 Å². The summed E-state index contributed by atoms with van der Waals surface area (Å²) in [4.78, 5) is 38.2. The highest BCUT2D eigenvalue weighted by Gasteiger charge is 2.29. The maximum atomic E-state index is 12.9. The van der Waals surface area contributed by atoms with E-state index in [1.54, 1.807) is 45.0 Å². The maximum absolute atomic E-state index is 12.9. The van der Waals surface area contributed by atoms with Gasteiger partial charge in [0, 0.05) is 17.4 Å². The van der Waals surface area contributed by atoms with Crippen molar-refractivity contribution >= 4 is 28.6 Å². The van der Waals surface area contributed by atoms with Crippen LogP contribution < -0.4 is 11.3 Å². The number of anilines is 1. The molecule has 0 aliphatic rings. The predicted octanol–water partition coefficient (Wildman–Crippen LogP) is 3.24. The van der Waals surface area contributed by atoms with Gasteiger partial charge in [0.15, 0.2) is 0 Å². The summed E-state index contributed by atoms with van der Waals surface area (Å²) in [6, 6.07) is 6.62. The van der Waals surface area contributed by atoms with Crippen molar-refractivity contribution in [2.75, 3.05) is 11.5 Å². The standard InChI is InChI=1S/C18H21N3O3S/c1-5-10-25-18(24)21-16(19)14(17(23)20(21)11(2)3)15(22)13-9-7-6-8-12(13)4/h5-9,11H,1,10,19H2,2-4H3. The zero-order valence-electron chi connectivity index (χ0n) is 14.5. The first-order chi connectivity index (χ1) is 11.8. The summed E-state index contributed by atoms with van der Waals surface area (Å²) >= 11 is 0.963. The number of benzene rings is 1. The lowest BCUT2D eigenvalue weighted by Crippen LogP contribution is -2.29. The Bertz CT molecular complexity index is 893. The number of rotatable bonds is 5. The van der Waals surface area contributed by atoms with Gasteiger partial charge in [0.05, 0.1) is 0 Å². The molecule has 6 nitrogen and oxygen atoms in total. The number of aromatic nitrogens is 2. The molecule has 1 aromatic carbocycles. The van der Waals surface area contributed by atoms with Gasteiger partial charge in [-0.2, -0.15) is 4.68 Å². The molecular formula is C18H21N3O3S. The fourth-order valence-electron chi connectivity index (χ4n) is 2.56. The Morgan fingerprint density at radius 1 is 1.32 bits per heavy atom. The van der Waals surface area contributed by atoms with Crippen LogP contribution in [0.15, 0.2) is 41.7 Å². The lowest BCUT2D eigenvalue weighted by atomic mass is 10.0. The second kappa shape index (κ2) is 7.57. The fraction of sp³-hybridized carbons (Fsp3) is 0.278. The van der Waals surface area contributed by atoms with E-state index >= 15 is 0 Å². The SMILES string of the molecule is C=CCSC(=O)n1c(N)c(C(=O)c2ccccc2C)c(=O)n1C(C)C. The Labute approximate surface area is 150 Å². The molecule has 2 rings (SSSR count). The number of nitrogens with two attached hydrogens (primary N) is 1. The van der Waals surface area contributed by atoms with Gasteiger partial charge in [0.1, 0.15) is 11.4 Å². The molecule has 0 spiro atoms. The van der Waals surface area contributed by atoms with Crippen LogP contribution in [0.1, 0.15) is 41.4 Å². The molecule has 1 heterocycles. The van der Waals surface area contributed by atoms with Gasteiger partial charge >= 0.3 is 5.24 Å². The highest BCUT2D eigenvalue weighted by atomic mass is 32.2. The third-order valence-electron chi connectivity index (χ3n) is 3.73. The van der Waals surface area contributed by atoms with Crippen molar-refractivity contribution in [1.82, 2.24) is 9.36 Å². The van der Waals surface area contributed by atoms with Crippen LogP contribution in [-0.2, 0) is 0 Å². The first kappa shape index (κ1) is 18.8. The van der Waals surface area contributed by atoms with Gasteiger partial charge in [-0.25, -0.2) is 4.68 Å². The lowest BCUT2D eigenvalue weighted by Gasteiger charge is -2.13. The van der Waals surface area contributed by atoms with Crippen LogP contribution in [0.4, 0.5) is 10.6 Å². The largest absolute Gasteiger partial charge is 0.383 e. The van der Waals surface area contributed by atoms with E-state index in [2.05, 4.69) is 6.58 Å². The molecule has 2 N–H and O–H groups in total. The normalized spacial score (nSPS) is 10.9. The Morgan fingerprint density at radius 3 is 2.52 bits per heavy atom. The molecule has 2 aromatic rings. The van der Waals surface area contributed by atoms with E-state index in [1.165, 1.54) is 4.68 Å². The number of thioether (sulfide) groups is 1. The molecule has 0 saturated heterocycles. The summed E-state index contributed by atoms with van der Waals surface area (Å²) in [5, 5.41) is -0.424. The average Bonchev–Trinajstić information content (AvgIpc) is 2.83. The third kappa shape index (κ3) is 3.46. The molecule has 0 unspecified atom stereocenters. The van der Waals surface area contributed by atoms with E-state index in [9.17, 15) is 14.4 Å². The van der Waals surface area contributed by atoms with Crippen LogP contribution in [0.3, 0.4) is 0 Å². The Morgan fingerprint density at radius 2 is 1.96 bits per heavy atom. The Balaban J connectivity index is 2.66. The van der Waals surface area contributed by atoms with Gasteiger partial charge < -0.3 is 5.73 Å². The van der Waals surface area contributed by atoms with Crippen molar-refractivity contribution in [2.45, 2.75) is 26.8 Å². The molecule has 0 fully saturated rings. The van der Waals surface area contributed by atoms with Crippen molar-refractivity contribution < 1.29 is 9.59 Å². The molecule has 7 heteroatoms. The quantitative estimate of drug-likeness (QED) is 0.654. The van der Waals surface area contributed by atoms with Crippen molar-refractivity contribution in [2.24, 2.45) is 0 Å².